The van der Waals surface area contributed by atoms with Gasteiger partial charge in [-0.25, -0.2) is 9.97 Å². The van der Waals surface area contributed by atoms with Crippen molar-refractivity contribution in [3.8, 4) is 11.4 Å². The van der Waals surface area contributed by atoms with Gasteiger partial charge >= 0.3 is 0 Å². The van der Waals surface area contributed by atoms with E-state index in [2.05, 4.69) is 46.2 Å². The molecular formula is C23H23N5. The van der Waals surface area contributed by atoms with Gasteiger partial charge in [-0.2, -0.15) is 0 Å². The number of nitrogens with two attached hydrogens (primary N) is 1. The van der Waals surface area contributed by atoms with E-state index in [0.29, 0.717) is 0 Å². The third-order valence-electron chi connectivity index (χ3n) is 5.59. The van der Waals surface area contributed by atoms with Gasteiger partial charge in [0.2, 0.25) is 0 Å². The first-order chi connectivity index (χ1) is 13.7. The Kier molecular flexibility index (Phi) is 4.10. The molecule has 0 unspecified atom stereocenters. The lowest BCUT2D eigenvalue weighted by molar-refractivity contribution is 0.244. The summed E-state index contributed by atoms with van der Waals surface area (Å²) in [5, 5.41) is 1.32. The number of H-pyrrole nitrogens is 1. The molecule has 0 radical (unpaired) electrons. The predicted octanol–water partition coefficient (Wildman–Crippen LogP) is 4.07. The van der Waals surface area contributed by atoms with E-state index in [1.165, 1.54) is 27.6 Å². The number of anilines is 1. The zero-order valence-corrected chi connectivity index (χ0v) is 15.9. The van der Waals surface area contributed by atoms with Crippen molar-refractivity contribution >= 4 is 16.6 Å². The Morgan fingerprint density at radius 2 is 2.00 bits per heavy atom. The number of hydrogen-bond donors (Lipinski definition) is 2. The largest absolute Gasteiger partial charge is 0.399 e. The summed E-state index contributed by atoms with van der Waals surface area (Å²) in [6.45, 7) is 4.97. The lowest BCUT2D eigenvalue weighted by Gasteiger charge is -2.28. The molecule has 4 aromatic rings. The van der Waals surface area contributed by atoms with Crippen LogP contribution in [0, 0.1) is 6.92 Å². The Morgan fingerprint density at radius 3 is 2.86 bits per heavy atom. The van der Waals surface area contributed by atoms with Crippen LogP contribution >= 0.6 is 0 Å². The van der Waals surface area contributed by atoms with Crippen LogP contribution in [-0.2, 0) is 19.5 Å². The first-order valence-electron chi connectivity index (χ1n) is 9.66. The Bertz CT molecular complexity index is 1140. The molecule has 0 spiro atoms. The second-order valence-electron chi connectivity index (χ2n) is 7.56. The predicted molar refractivity (Wildman–Crippen MR) is 113 cm³/mol. The van der Waals surface area contributed by atoms with Gasteiger partial charge in [0.1, 0.15) is 0 Å². The molecule has 2 aromatic heterocycles. The molecule has 3 heterocycles. The molecular weight excluding hydrogens is 346 g/mol. The van der Waals surface area contributed by atoms with Crippen molar-refractivity contribution in [3.05, 3.63) is 77.2 Å². The minimum atomic E-state index is 0.754. The van der Waals surface area contributed by atoms with Gasteiger partial charge in [0.15, 0.2) is 5.82 Å². The monoisotopic (exact) mass is 369 g/mol. The standard InChI is InChI=1S/C23H23N5/c1-15-3-2-4-20-17(11-25-22(15)20)13-28-10-9-21-18(14-28)12-26-23(27-21)16-5-7-19(24)8-6-16/h2-8,11-12,25H,9-10,13-14,24H2,1H3. The summed E-state index contributed by atoms with van der Waals surface area (Å²) >= 11 is 0. The molecule has 5 nitrogen and oxygen atoms in total. The number of benzene rings is 2. The van der Waals surface area contributed by atoms with Crippen molar-refractivity contribution in [2.45, 2.75) is 26.4 Å². The third-order valence-corrected chi connectivity index (χ3v) is 5.59. The molecule has 0 amide bonds. The maximum Gasteiger partial charge on any atom is 0.159 e. The highest BCUT2D eigenvalue weighted by atomic mass is 15.1. The van der Waals surface area contributed by atoms with E-state index in [0.717, 1.165) is 48.8 Å². The zero-order valence-electron chi connectivity index (χ0n) is 15.9. The lowest BCUT2D eigenvalue weighted by atomic mass is 10.0. The number of aromatic nitrogens is 3. The number of aryl methyl sites for hydroxylation is 1. The van der Waals surface area contributed by atoms with Crippen LogP contribution in [-0.4, -0.2) is 26.4 Å². The van der Waals surface area contributed by atoms with Crippen LogP contribution in [0.4, 0.5) is 5.69 Å². The van der Waals surface area contributed by atoms with Crippen molar-refractivity contribution in [1.82, 2.24) is 19.9 Å². The van der Waals surface area contributed by atoms with Crippen LogP contribution in [0.3, 0.4) is 0 Å². The van der Waals surface area contributed by atoms with Gasteiger partial charge in [-0.1, -0.05) is 18.2 Å². The molecule has 3 N–H and O–H groups in total. The van der Waals surface area contributed by atoms with E-state index in [9.17, 15) is 0 Å². The van der Waals surface area contributed by atoms with Crippen molar-refractivity contribution in [1.29, 1.82) is 0 Å². The number of nitrogen functional groups attached to an aromatic ring is 1. The fraction of sp³-hybridized carbons (Fsp3) is 0.217. The van der Waals surface area contributed by atoms with E-state index in [-0.39, 0.29) is 0 Å². The molecule has 5 heteroatoms. The first-order valence-corrected chi connectivity index (χ1v) is 9.66. The molecule has 1 aliphatic rings. The Morgan fingerprint density at radius 1 is 1.14 bits per heavy atom. The van der Waals surface area contributed by atoms with Gasteiger partial charge in [-0.05, 0) is 42.3 Å². The van der Waals surface area contributed by atoms with Crippen LogP contribution in [0.15, 0.2) is 54.9 Å². The SMILES string of the molecule is Cc1cccc2c(CN3CCc4nc(-c5ccc(N)cc5)ncc4C3)c[nH]c12. The molecule has 0 fully saturated rings. The van der Waals surface area contributed by atoms with Crippen LogP contribution in [0.25, 0.3) is 22.3 Å². The minimum Gasteiger partial charge on any atom is -0.399 e. The van der Waals surface area contributed by atoms with E-state index >= 15 is 0 Å². The highest BCUT2D eigenvalue weighted by Crippen LogP contribution is 2.26. The summed E-state index contributed by atoms with van der Waals surface area (Å²) in [4.78, 5) is 15.3. The highest BCUT2D eigenvalue weighted by molar-refractivity contribution is 5.85. The van der Waals surface area contributed by atoms with Crippen molar-refractivity contribution in [2.24, 2.45) is 0 Å². The molecule has 28 heavy (non-hydrogen) atoms. The molecule has 0 bridgehead atoms. The Balaban J connectivity index is 1.36. The van der Waals surface area contributed by atoms with Gasteiger partial charge in [0.05, 0.1) is 5.69 Å². The fourth-order valence-electron chi connectivity index (χ4n) is 4.02. The average molecular weight is 369 g/mol. The third kappa shape index (κ3) is 3.04. The number of para-hydroxylation sites is 1. The van der Waals surface area contributed by atoms with Gasteiger partial charge < -0.3 is 10.7 Å². The normalized spacial score (nSPS) is 14.3. The summed E-state index contributed by atoms with van der Waals surface area (Å²) in [6, 6.07) is 14.2. The van der Waals surface area contributed by atoms with Gasteiger partial charge in [-0.3, -0.25) is 4.90 Å². The average Bonchev–Trinajstić information content (AvgIpc) is 3.12. The number of nitrogens with one attached hydrogen (secondary N) is 1. The summed E-state index contributed by atoms with van der Waals surface area (Å²) in [6.07, 6.45) is 5.08. The number of rotatable bonds is 3. The maximum atomic E-state index is 5.78. The van der Waals surface area contributed by atoms with Crippen LogP contribution < -0.4 is 5.73 Å². The highest BCUT2D eigenvalue weighted by Gasteiger charge is 2.20. The molecule has 0 aliphatic carbocycles. The van der Waals surface area contributed by atoms with Crippen LogP contribution in [0.2, 0.25) is 0 Å². The summed E-state index contributed by atoms with van der Waals surface area (Å²) in [5.74, 6) is 0.777. The summed E-state index contributed by atoms with van der Waals surface area (Å²) < 4.78 is 0. The van der Waals surface area contributed by atoms with Gasteiger partial charge in [-0.15, -0.1) is 0 Å². The number of fused-ring (bicyclic) bond motifs is 2. The smallest absolute Gasteiger partial charge is 0.159 e. The minimum absolute atomic E-state index is 0.754. The van der Waals surface area contributed by atoms with E-state index in [4.69, 9.17) is 10.7 Å². The zero-order chi connectivity index (χ0) is 19.1. The quantitative estimate of drug-likeness (QED) is 0.534. The van der Waals surface area contributed by atoms with Gasteiger partial charge in [0.25, 0.3) is 0 Å². The lowest BCUT2D eigenvalue weighted by Crippen LogP contribution is -2.30. The van der Waals surface area contributed by atoms with Crippen LogP contribution in [0.5, 0.6) is 0 Å². The molecule has 1 aliphatic heterocycles. The molecule has 0 saturated heterocycles. The van der Waals surface area contributed by atoms with Crippen LogP contribution in [0.1, 0.15) is 22.4 Å². The first kappa shape index (κ1) is 17.0. The molecule has 2 aromatic carbocycles. The second kappa shape index (κ2) is 6.77. The molecule has 140 valence electrons. The van der Waals surface area contributed by atoms with Crippen molar-refractivity contribution in [3.63, 3.8) is 0 Å². The van der Waals surface area contributed by atoms with Crippen molar-refractivity contribution < 1.29 is 0 Å². The van der Waals surface area contributed by atoms with Crippen molar-refractivity contribution in [2.75, 3.05) is 12.3 Å². The number of aromatic amines is 1. The van der Waals surface area contributed by atoms with E-state index < -0.39 is 0 Å². The molecule has 5 rings (SSSR count). The Labute approximate surface area is 164 Å². The molecule has 0 saturated carbocycles. The van der Waals surface area contributed by atoms with Gasteiger partial charge in [0, 0.05) is 66.2 Å². The molecule has 0 atom stereocenters. The van der Waals surface area contributed by atoms with E-state index in [1.807, 2.05) is 30.5 Å². The topological polar surface area (TPSA) is 70.8 Å². The summed E-state index contributed by atoms with van der Waals surface area (Å²) in [5.41, 5.74) is 13.8. The maximum absolute atomic E-state index is 5.78. The number of hydrogen-bond acceptors (Lipinski definition) is 4. The van der Waals surface area contributed by atoms with E-state index in [1.54, 1.807) is 0 Å². The fourth-order valence-corrected chi connectivity index (χ4v) is 4.02. The number of nitrogens with zero attached hydrogens (tertiary/aromatic N) is 3. The Hall–Kier alpha value is -3.18. The summed E-state index contributed by atoms with van der Waals surface area (Å²) in [7, 11) is 0. The second-order valence-corrected chi connectivity index (χ2v) is 7.56.